The Kier molecular flexibility index (Phi) is 3.81. The minimum atomic E-state index is -0.411. The average molecular weight is 250 g/mol. The van der Waals surface area contributed by atoms with E-state index in [-0.39, 0.29) is 12.2 Å². The number of pyridine rings is 1. The van der Waals surface area contributed by atoms with Crippen LogP contribution in [0.5, 0.6) is 0 Å². The second kappa shape index (κ2) is 5.35. The first kappa shape index (κ1) is 12.8. The predicted molar refractivity (Wildman–Crippen MR) is 67.8 cm³/mol. The molecule has 0 aliphatic carbocycles. The molecule has 0 bridgehead atoms. The molecule has 1 fully saturated rings. The average Bonchev–Trinajstić information content (AvgIpc) is 2.37. The molecule has 5 nitrogen and oxygen atoms in total. The van der Waals surface area contributed by atoms with E-state index in [4.69, 9.17) is 4.74 Å². The summed E-state index contributed by atoms with van der Waals surface area (Å²) in [7, 11) is 1.36. The highest BCUT2D eigenvalue weighted by molar-refractivity contribution is 5.87. The Morgan fingerprint density at radius 2 is 2.06 bits per heavy atom. The SMILES string of the molecule is COC(=O)c1cccc(N2C[C@@H](C)O[C@@H](C)C2)n1. The molecule has 5 heteroatoms. The van der Waals surface area contributed by atoms with Crippen molar-refractivity contribution in [1.82, 2.24) is 4.98 Å². The van der Waals surface area contributed by atoms with Crippen LogP contribution in [0.1, 0.15) is 24.3 Å². The number of methoxy groups -OCH3 is 1. The van der Waals surface area contributed by atoms with E-state index >= 15 is 0 Å². The monoisotopic (exact) mass is 250 g/mol. The van der Waals surface area contributed by atoms with E-state index in [0.29, 0.717) is 5.69 Å². The molecule has 2 heterocycles. The molecule has 0 radical (unpaired) electrons. The van der Waals surface area contributed by atoms with Crippen LogP contribution < -0.4 is 4.90 Å². The molecular formula is C13H18N2O3. The van der Waals surface area contributed by atoms with Gasteiger partial charge < -0.3 is 14.4 Å². The van der Waals surface area contributed by atoms with E-state index in [1.54, 1.807) is 6.07 Å². The minimum Gasteiger partial charge on any atom is -0.464 e. The van der Waals surface area contributed by atoms with Crippen LogP contribution in [-0.4, -0.2) is 43.4 Å². The molecule has 1 saturated heterocycles. The van der Waals surface area contributed by atoms with Crippen LogP contribution >= 0.6 is 0 Å². The number of carbonyl (C=O) groups is 1. The van der Waals surface area contributed by atoms with E-state index in [9.17, 15) is 4.79 Å². The van der Waals surface area contributed by atoms with E-state index in [2.05, 4.69) is 14.6 Å². The number of nitrogens with zero attached hydrogens (tertiary/aromatic N) is 2. The van der Waals surface area contributed by atoms with Crippen LogP contribution in [0.3, 0.4) is 0 Å². The zero-order chi connectivity index (χ0) is 13.1. The van der Waals surface area contributed by atoms with Crippen LogP contribution in [-0.2, 0) is 9.47 Å². The fourth-order valence-corrected chi connectivity index (χ4v) is 2.18. The Hall–Kier alpha value is -1.62. The Balaban J connectivity index is 2.20. The third-order valence-electron chi connectivity index (χ3n) is 2.87. The van der Waals surface area contributed by atoms with Crippen LogP contribution in [0.4, 0.5) is 5.82 Å². The number of hydrogen-bond donors (Lipinski definition) is 0. The van der Waals surface area contributed by atoms with Gasteiger partial charge in [-0.1, -0.05) is 6.07 Å². The number of esters is 1. The molecule has 98 valence electrons. The van der Waals surface area contributed by atoms with Crippen molar-refractivity contribution in [3.8, 4) is 0 Å². The lowest BCUT2D eigenvalue weighted by Crippen LogP contribution is -2.45. The van der Waals surface area contributed by atoms with Gasteiger partial charge in [-0.15, -0.1) is 0 Å². The molecule has 2 rings (SSSR count). The van der Waals surface area contributed by atoms with Crippen molar-refractivity contribution in [2.75, 3.05) is 25.1 Å². The Bertz CT molecular complexity index is 426. The summed E-state index contributed by atoms with van der Waals surface area (Å²) in [4.78, 5) is 17.9. The molecule has 1 aliphatic rings. The summed E-state index contributed by atoms with van der Waals surface area (Å²) in [6.45, 7) is 5.63. The quantitative estimate of drug-likeness (QED) is 0.744. The van der Waals surface area contributed by atoms with E-state index in [1.165, 1.54) is 7.11 Å². The normalized spacial score (nSPS) is 23.8. The second-order valence-electron chi connectivity index (χ2n) is 4.53. The fourth-order valence-electron chi connectivity index (χ4n) is 2.18. The molecular weight excluding hydrogens is 232 g/mol. The third kappa shape index (κ3) is 2.79. The minimum absolute atomic E-state index is 0.164. The third-order valence-corrected chi connectivity index (χ3v) is 2.87. The van der Waals surface area contributed by atoms with Gasteiger partial charge in [0.05, 0.1) is 19.3 Å². The van der Waals surface area contributed by atoms with Crippen LogP contribution in [0.2, 0.25) is 0 Å². The summed E-state index contributed by atoms with van der Waals surface area (Å²) < 4.78 is 10.4. The van der Waals surface area contributed by atoms with Gasteiger partial charge in [-0.2, -0.15) is 0 Å². The van der Waals surface area contributed by atoms with Gasteiger partial charge in [-0.25, -0.2) is 9.78 Å². The zero-order valence-electron chi connectivity index (χ0n) is 10.9. The fraction of sp³-hybridized carbons (Fsp3) is 0.538. The predicted octanol–water partition coefficient (Wildman–Crippen LogP) is 1.48. The summed E-state index contributed by atoms with van der Waals surface area (Å²) >= 11 is 0. The van der Waals surface area contributed by atoms with Crippen molar-refractivity contribution in [3.05, 3.63) is 23.9 Å². The lowest BCUT2D eigenvalue weighted by atomic mass is 10.2. The van der Waals surface area contributed by atoms with Crippen molar-refractivity contribution >= 4 is 11.8 Å². The summed E-state index contributed by atoms with van der Waals surface area (Å²) in [5, 5.41) is 0. The Labute approximate surface area is 107 Å². The molecule has 0 aromatic carbocycles. The maximum atomic E-state index is 11.4. The van der Waals surface area contributed by atoms with Gasteiger partial charge in [-0.05, 0) is 26.0 Å². The van der Waals surface area contributed by atoms with E-state index < -0.39 is 5.97 Å². The largest absolute Gasteiger partial charge is 0.464 e. The lowest BCUT2D eigenvalue weighted by molar-refractivity contribution is -0.00546. The first-order valence-corrected chi connectivity index (χ1v) is 6.06. The number of morpholine rings is 1. The van der Waals surface area contributed by atoms with Gasteiger partial charge >= 0.3 is 5.97 Å². The smallest absolute Gasteiger partial charge is 0.356 e. The summed E-state index contributed by atoms with van der Waals surface area (Å²) in [6, 6.07) is 5.37. The summed E-state index contributed by atoms with van der Waals surface area (Å²) in [5.41, 5.74) is 0.335. The van der Waals surface area contributed by atoms with Crippen LogP contribution in [0, 0.1) is 0 Å². The maximum absolute atomic E-state index is 11.4. The highest BCUT2D eigenvalue weighted by Crippen LogP contribution is 2.18. The van der Waals surface area contributed by atoms with Gasteiger partial charge in [0.25, 0.3) is 0 Å². The van der Waals surface area contributed by atoms with Gasteiger partial charge in [0, 0.05) is 13.1 Å². The second-order valence-corrected chi connectivity index (χ2v) is 4.53. The van der Waals surface area contributed by atoms with Crippen molar-refractivity contribution in [2.24, 2.45) is 0 Å². The number of ether oxygens (including phenoxy) is 2. The first-order chi connectivity index (χ1) is 8.60. The molecule has 0 unspecified atom stereocenters. The maximum Gasteiger partial charge on any atom is 0.356 e. The van der Waals surface area contributed by atoms with Crippen molar-refractivity contribution in [2.45, 2.75) is 26.1 Å². The molecule has 0 saturated carbocycles. The van der Waals surface area contributed by atoms with E-state index in [1.807, 2.05) is 26.0 Å². The number of aromatic nitrogens is 1. The topological polar surface area (TPSA) is 51.7 Å². The molecule has 1 aliphatic heterocycles. The first-order valence-electron chi connectivity index (χ1n) is 6.06. The molecule has 0 spiro atoms. The van der Waals surface area contributed by atoms with Crippen molar-refractivity contribution < 1.29 is 14.3 Å². The standard InChI is InChI=1S/C13H18N2O3/c1-9-7-15(8-10(2)18-9)12-6-4-5-11(14-12)13(16)17-3/h4-6,9-10H,7-8H2,1-3H3/t9-,10+. The highest BCUT2D eigenvalue weighted by Gasteiger charge is 2.23. The molecule has 1 aromatic rings. The molecule has 2 atom stereocenters. The van der Waals surface area contributed by atoms with Gasteiger partial charge in [-0.3, -0.25) is 0 Å². The van der Waals surface area contributed by atoms with Gasteiger partial charge in [0.1, 0.15) is 5.82 Å². The number of rotatable bonds is 2. The van der Waals surface area contributed by atoms with Crippen LogP contribution in [0.15, 0.2) is 18.2 Å². The summed E-state index contributed by atoms with van der Waals surface area (Å²) in [5.74, 6) is 0.381. The van der Waals surface area contributed by atoms with Gasteiger partial charge in [0.2, 0.25) is 0 Å². The van der Waals surface area contributed by atoms with Crippen molar-refractivity contribution in [3.63, 3.8) is 0 Å². The number of anilines is 1. The number of carbonyl (C=O) groups excluding carboxylic acids is 1. The molecule has 1 aromatic heterocycles. The highest BCUT2D eigenvalue weighted by atomic mass is 16.5. The number of hydrogen-bond acceptors (Lipinski definition) is 5. The van der Waals surface area contributed by atoms with Gasteiger partial charge in [0.15, 0.2) is 5.69 Å². The molecule has 0 N–H and O–H groups in total. The van der Waals surface area contributed by atoms with E-state index in [0.717, 1.165) is 18.9 Å². The zero-order valence-corrected chi connectivity index (χ0v) is 10.9. The van der Waals surface area contributed by atoms with Crippen LogP contribution in [0.25, 0.3) is 0 Å². The van der Waals surface area contributed by atoms with Crippen molar-refractivity contribution in [1.29, 1.82) is 0 Å². The Morgan fingerprint density at radius 3 is 2.67 bits per heavy atom. The Morgan fingerprint density at radius 1 is 1.39 bits per heavy atom. The molecule has 18 heavy (non-hydrogen) atoms. The lowest BCUT2D eigenvalue weighted by Gasteiger charge is -2.36. The summed E-state index contributed by atoms with van der Waals surface area (Å²) in [6.07, 6.45) is 0.328. The molecule has 0 amide bonds.